The number of thioether (sulfide) groups is 1. The maximum Gasteiger partial charge on any atom is 0.408 e. The summed E-state index contributed by atoms with van der Waals surface area (Å²) in [4.78, 5) is 26.4. The highest BCUT2D eigenvalue weighted by Gasteiger charge is 2.35. The Bertz CT molecular complexity index is 995. The predicted octanol–water partition coefficient (Wildman–Crippen LogP) is 4.77. The number of nitrogens with one attached hydrogen (secondary N) is 2. The second-order valence-electron chi connectivity index (χ2n) is 6.62. The van der Waals surface area contributed by atoms with Crippen molar-refractivity contribution in [2.24, 2.45) is 0 Å². The molecular formula is C23H20N2O3S. The van der Waals surface area contributed by atoms with Crippen LogP contribution in [0.15, 0.2) is 89.8 Å². The lowest BCUT2D eigenvalue weighted by atomic mass is 10.0. The molecule has 146 valence electrons. The highest BCUT2D eigenvalue weighted by molar-refractivity contribution is 7.99. The predicted molar refractivity (Wildman–Crippen MR) is 114 cm³/mol. The van der Waals surface area contributed by atoms with Crippen LogP contribution in [0.2, 0.25) is 0 Å². The van der Waals surface area contributed by atoms with E-state index in [1.807, 2.05) is 84.9 Å². The van der Waals surface area contributed by atoms with E-state index in [0.717, 1.165) is 21.7 Å². The van der Waals surface area contributed by atoms with Gasteiger partial charge < -0.3 is 15.4 Å². The largest absolute Gasteiger partial charge is 0.445 e. The SMILES string of the molecule is O=C(N[C@@H]1C(=O)Nc2ccccc2S[C@@H]1c1ccccc1)OCc1ccccc1. The van der Waals surface area contributed by atoms with Crippen molar-refractivity contribution in [2.75, 3.05) is 5.32 Å². The second-order valence-corrected chi connectivity index (χ2v) is 7.80. The van der Waals surface area contributed by atoms with Gasteiger partial charge in [-0.1, -0.05) is 72.8 Å². The molecule has 0 radical (unpaired) electrons. The Morgan fingerprint density at radius 2 is 1.59 bits per heavy atom. The summed E-state index contributed by atoms with van der Waals surface area (Å²) < 4.78 is 5.34. The highest BCUT2D eigenvalue weighted by atomic mass is 32.2. The van der Waals surface area contributed by atoms with Crippen LogP contribution >= 0.6 is 11.8 Å². The molecule has 1 aliphatic rings. The van der Waals surface area contributed by atoms with Crippen molar-refractivity contribution in [1.29, 1.82) is 0 Å². The van der Waals surface area contributed by atoms with Gasteiger partial charge in [0.2, 0.25) is 5.91 Å². The standard InChI is InChI=1S/C23H20N2O3S/c26-22-20(25-23(27)28-15-16-9-3-1-4-10-16)21(17-11-5-2-6-12-17)29-19-14-8-7-13-18(19)24-22/h1-14,20-21H,15H2,(H,24,26)(H,25,27)/t20-,21+/m0/s1. The summed E-state index contributed by atoms with van der Waals surface area (Å²) in [5, 5.41) is 5.40. The van der Waals surface area contributed by atoms with Crippen molar-refractivity contribution in [3.8, 4) is 0 Å². The summed E-state index contributed by atoms with van der Waals surface area (Å²) in [7, 11) is 0. The maximum atomic E-state index is 13.0. The fraction of sp³-hybridized carbons (Fsp3) is 0.130. The molecule has 4 rings (SSSR count). The van der Waals surface area contributed by atoms with E-state index in [1.54, 1.807) is 11.8 Å². The third kappa shape index (κ3) is 4.60. The number of hydrogen-bond acceptors (Lipinski definition) is 4. The van der Waals surface area contributed by atoms with E-state index < -0.39 is 12.1 Å². The number of rotatable bonds is 4. The minimum atomic E-state index is -0.780. The number of fused-ring (bicyclic) bond motifs is 1. The molecule has 1 heterocycles. The summed E-state index contributed by atoms with van der Waals surface area (Å²) in [6, 6.07) is 26.0. The van der Waals surface area contributed by atoms with Crippen molar-refractivity contribution >= 4 is 29.4 Å². The number of hydrogen-bond donors (Lipinski definition) is 2. The fourth-order valence-electron chi connectivity index (χ4n) is 3.16. The zero-order valence-corrected chi connectivity index (χ0v) is 16.4. The van der Waals surface area contributed by atoms with E-state index in [9.17, 15) is 9.59 Å². The average Bonchev–Trinajstić information content (AvgIpc) is 2.90. The van der Waals surface area contributed by atoms with Gasteiger partial charge in [0.15, 0.2) is 0 Å². The third-order valence-electron chi connectivity index (χ3n) is 4.60. The average molecular weight is 404 g/mol. The summed E-state index contributed by atoms with van der Waals surface area (Å²) in [5.41, 5.74) is 2.58. The number of amides is 2. The number of ether oxygens (including phenoxy) is 1. The van der Waals surface area contributed by atoms with Gasteiger partial charge in [-0.25, -0.2) is 4.79 Å². The summed E-state index contributed by atoms with van der Waals surface area (Å²) >= 11 is 1.55. The van der Waals surface area contributed by atoms with Crippen molar-refractivity contribution < 1.29 is 14.3 Å². The Hall–Kier alpha value is -3.25. The Morgan fingerprint density at radius 1 is 0.931 bits per heavy atom. The fourth-order valence-corrected chi connectivity index (χ4v) is 4.46. The molecule has 29 heavy (non-hydrogen) atoms. The van der Waals surface area contributed by atoms with Gasteiger partial charge in [0.25, 0.3) is 0 Å². The molecule has 2 atom stereocenters. The zero-order valence-electron chi connectivity index (χ0n) is 15.6. The van der Waals surface area contributed by atoms with Gasteiger partial charge in [-0.2, -0.15) is 0 Å². The smallest absolute Gasteiger partial charge is 0.408 e. The van der Waals surface area contributed by atoms with Crippen LogP contribution in [0.3, 0.4) is 0 Å². The van der Waals surface area contributed by atoms with Crippen LogP contribution in [0.5, 0.6) is 0 Å². The highest BCUT2D eigenvalue weighted by Crippen LogP contribution is 2.43. The number of alkyl carbamates (subject to hydrolysis) is 1. The van der Waals surface area contributed by atoms with E-state index in [1.165, 1.54) is 0 Å². The summed E-state index contributed by atoms with van der Waals surface area (Å²) in [5.74, 6) is -0.270. The number of para-hydroxylation sites is 1. The van der Waals surface area contributed by atoms with E-state index in [4.69, 9.17) is 4.74 Å². The van der Waals surface area contributed by atoms with Crippen LogP contribution in [-0.4, -0.2) is 18.0 Å². The molecule has 5 nitrogen and oxygen atoms in total. The first-order valence-corrected chi connectivity index (χ1v) is 10.2. The van der Waals surface area contributed by atoms with Crippen molar-refractivity contribution in [2.45, 2.75) is 22.8 Å². The molecule has 0 fully saturated rings. The van der Waals surface area contributed by atoms with E-state index in [0.29, 0.717) is 0 Å². The van der Waals surface area contributed by atoms with Crippen LogP contribution in [0, 0.1) is 0 Å². The van der Waals surface area contributed by atoms with Gasteiger partial charge in [0, 0.05) is 4.90 Å². The molecule has 3 aromatic rings. The van der Waals surface area contributed by atoms with Crippen LogP contribution in [0.25, 0.3) is 0 Å². The Balaban J connectivity index is 1.55. The lowest BCUT2D eigenvalue weighted by Gasteiger charge is -2.24. The van der Waals surface area contributed by atoms with Crippen LogP contribution in [-0.2, 0) is 16.1 Å². The second kappa shape index (κ2) is 8.84. The van der Waals surface area contributed by atoms with Crippen molar-refractivity contribution in [3.05, 3.63) is 96.1 Å². The molecule has 0 bridgehead atoms. The molecular weight excluding hydrogens is 384 g/mol. The van der Waals surface area contributed by atoms with Crippen molar-refractivity contribution in [3.63, 3.8) is 0 Å². The molecule has 0 unspecified atom stereocenters. The normalized spacial score (nSPS) is 18.1. The summed E-state index contributed by atoms with van der Waals surface area (Å²) in [6.45, 7) is 0.143. The van der Waals surface area contributed by atoms with Crippen molar-refractivity contribution in [1.82, 2.24) is 5.32 Å². The van der Waals surface area contributed by atoms with Gasteiger partial charge in [0.1, 0.15) is 12.6 Å². The molecule has 1 aliphatic heterocycles. The van der Waals surface area contributed by atoms with E-state index in [-0.39, 0.29) is 17.8 Å². The molecule has 6 heteroatoms. The Kier molecular flexibility index (Phi) is 5.81. The molecule has 0 spiro atoms. The topological polar surface area (TPSA) is 67.4 Å². The maximum absolute atomic E-state index is 13.0. The first kappa shape index (κ1) is 19.1. The Labute approximate surface area is 173 Å². The minimum Gasteiger partial charge on any atom is -0.445 e. The first-order valence-electron chi connectivity index (χ1n) is 9.29. The molecule has 3 aromatic carbocycles. The number of benzene rings is 3. The Morgan fingerprint density at radius 3 is 2.34 bits per heavy atom. The van der Waals surface area contributed by atoms with Gasteiger partial charge in [-0.3, -0.25) is 4.79 Å². The molecule has 0 aliphatic carbocycles. The number of carbonyl (C=O) groups is 2. The van der Waals surface area contributed by atoms with E-state index >= 15 is 0 Å². The van der Waals surface area contributed by atoms with Gasteiger partial charge >= 0.3 is 6.09 Å². The summed E-state index contributed by atoms with van der Waals surface area (Å²) in [6.07, 6.45) is -0.624. The molecule has 0 saturated heterocycles. The number of anilines is 1. The third-order valence-corrected chi connectivity index (χ3v) is 6.01. The first-order chi connectivity index (χ1) is 14.2. The lowest BCUT2D eigenvalue weighted by molar-refractivity contribution is -0.118. The van der Waals surface area contributed by atoms with Crippen LogP contribution in [0.4, 0.5) is 10.5 Å². The molecule has 0 saturated carbocycles. The van der Waals surface area contributed by atoms with Gasteiger partial charge in [0.05, 0.1) is 10.9 Å². The lowest BCUT2D eigenvalue weighted by Crippen LogP contribution is -2.46. The molecule has 2 N–H and O–H groups in total. The van der Waals surface area contributed by atoms with Crippen LogP contribution in [0.1, 0.15) is 16.4 Å². The van der Waals surface area contributed by atoms with Gasteiger partial charge in [-0.15, -0.1) is 11.8 Å². The van der Waals surface area contributed by atoms with Gasteiger partial charge in [-0.05, 0) is 23.3 Å². The number of carbonyl (C=O) groups excluding carboxylic acids is 2. The quantitative estimate of drug-likeness (QED) is 0.657. The zero-order chi connectivity index (χ0) is 20.1. The molecule has 2 amide bonds. The van der Waals surface area contributed by atoms with Crippen LogP contribution < -0.4 is 10.6 Å². The monoisotopic (exact) mass is 404 g/mol. The minimum absolute atomic E-state index is 0.143. The molecule has 0 aromatic heterocycles. The van der Waals surface area contributed by atoms with E-state index in [2.05, 4.69) is 10.6 Å².